The van der Waals surface area contributed by atoms with Crippen molar-refractivity contribution in [2.24, 2.45) is 5.92 Å². The number of carbonyl (C=O) groups excluding carboxylic acids is 1. The smallest absolute Gasteiger partial charge is 0.222 e. The molecule has 0 saturated heterocycles. The van der Waals surface area contributed by atoms with Crippen molar-refractivity contribution in [3.63, 3.8) is 0 Å². The monoisotopic (exact) mass is 269 g/mol. The van der Waals surface area contributed by atoms with Gasteiger partial charge < -0.3 is 5.32 Å². The van der Waals surface area contributed by atoms with Crippen molar-refractivity contribution < 1.29 is 9.18 Å². The molecule has 4 heteroatoms. The van der Waals surface area contributed by atoms with Gasteiger partial charge in [-0.15, -0.1) is 11.8 Å². The molecule has 0 aliphatic heterocycles. The summed E-state index contributed by atoms with van der Waals surface area (Å²) in [5, 5.41) is 2.92. The SMILES string of the molecule is CCC(C)C(=O)NCCCSc1ccc(F)cc1. The van der Waals surface area contributed by atoms with E-state index < -0.39 is 0 Å². The van der Waals surface area contributed by atoms with E-state index in [-0.39, 0.29) is 17.6 Å². The summed E-state index contributed by atoms with van der Waals surface area (Å²) in [6.07, 6.45) is 1.79. The summed E-state index contributed by atoms with van der Waals surface area (Å²) in [5.74, 6) is 0.936. The van der Waals surface area contributed by atoms with Gasteiger partial charge in [0.2, 0.25) is 5.91 Å². The van der Waals surface area contributed by atoms with Crippen LogP contribution in [-0.4, -0.2) is 18.2 Å². The molecule has 2 nitrogen and oxygen atoms in total. The van der Waals surface area contributed by atoms with Crippen LogP contribution in [0.15, 0.2) is 29.2 Å². The van der Waals surface area contributed by atoms with Gasteiger partial charge in [-0.1, -0.05) is 13.8 Å². The fourth-order valence-corrected chi connectivity index (χ4v) is 2.22. The van der Waals surface area contributed by atoms with Crippen molar-refractivity contribution in [2.45, 2.75) is 31.6 Å². The molecule has 1 unspecified atom stereocenters. The van der Waals surface area contributed by atoms with E-state index in [0.717, 1.165) is 23.5 Å². The predicted molar refractivity (Wildman–Crippen MR) is 74.2 cm³/mol. The Hall–Kier alpha value is -1.03. The van der Waals surface area contributed by atoms with Crippen molar-refractivity contribution in [1.82, 2.24) is 5.32 Å². The molecule has 100 valence electrons. The molecule has 18 heavy (non-hydrogen) atoms. The van der Waals surface area contributed by atoms with Gasteiger partial charge in [0, 0.05) is 17.4 Å². The number of nitrogens with one attached hydrogen (secondary N) is 1. The summed E-state index contributed by atoms with van der Waals surface area (Å²) in [6.45, 7) is 4.65. The Balaban J connectivity index is 2.12. The molecule has 0 saturated carbocycles. The first-order valence-electron chi connectivity index (χ1n) is 6.29. The van der Waals surface area contributed by atoms with Gasteiger partial charge in [0.15, 0.2) is 0 Å². The van der Waals surface area contributed by atoms with Crippen LogP contribution >= 0.6 is 11.8 Å². The minimum Gasteiger partial charge on any atom is -0.356 e. The van der Waals surface area contributed by atoms with E-state index in [9.17, 15) is 9.18 Å². The summed E-state index contributed by atoms with van der Waals surface area (Å²) in [4.78, 5) is 12.5. The lowest BCUT2D eigenvalue weighted by Crippen LogP contribution is -2.29. The molecule has 1 rings (SSSR count). The first-order valence-corrected chi connectivity index (χ1v) is 7.28. The highest BCUT2D eigenvalue weighted by Crippen LogP contribution is 2.18. The van der Waals surface area contributed by atoms with Crippen molar-refractivity contribution in [1.29, 1.82) is 0 Å². The van der Waals surface area contributed by atoms with Crippen molar-refractivity contribution >= 4 is 17.7 Å². The van der Waals surface area contributed by atoms with Crippen LogP contribution in [-0.2, 0) is 4.79 Å². The number of rotatable bonds is 7. The zero-order chi connectivity index (χ0) is 13.4. The molecule has 1 N–H and O–H groups in total. The topological polar surface area (TPSA) is 29.1 Å². The Morgan fingerprint density at radius 3 is 2.67 bits per heavy atom. The highest BCUT2D eigenvalue weighted by Gasteiger charge is 2.08. The Morgan fingerprint density at radius 2 is 2.06 bits per heavy atom. The van der Waals surface area contributed by atoms with Gasteiger partial charge >= 0.3 is 0 Å². The Morgan fingerprint density at radius 1 is 1.39 bits per heavy atom. The van der Waals surface area contributed by atoms with Crippen molar-refractivity contribution in [3.05, 3.63) is 30.1 Å². The average molecular weight is 269 g/mol. The molecule has 1 amide bonds. The number of carbonyl (C=O) groups is 1. The molecule has 0 aliphatic rings. The molecular formula is C14H20FNOS. The second-order valence-electron chi connectivity index (χ2n) is 4.26. The zero-order valence-electron chi connectivity index (χ0n) is 10.9. The van der Waals surface area contributed by atoms with E-state index in [1.54, 1.807) is 23.9 Å². The fraction of sp³-hybridized carbons (Fsp3) is 0.500. The number of hydrogen-bond donors (Lipinski definition) is 1. The first kappa shape index (κ1) is 15.0. The Bertz CT molecular complexity index is 367. The van der Waals surface area contributed by atoms with Crippen molar-refractivity contribution in [2.75, 3.05) is 12.3 Å². The van der Waals surface area contributed by atoms with Crippen LogP contribution in [0.2, 0.25) is 0 Å². The van der Waals surface area contributed by atoms with Gasteiger partial charge in [0.05, 0.1) is 0 Å². The third-order valence-electron chi connectivity index (χ3n) is 2.76. The minimum absolute atomic E-state index is 0.0924. The van der Waals surface area contributed by atoms with E-state index in [0.29, 0.717) is 6.54 Å². The quantitative estimate of drug-likeness (QED) is 0.606. The number of thioether (sulfide) groups is 1. The van der Waals surface area contributed by atoms with Gasteiger partial charge in [-0.25, -0.2) is 4.39 Å². The third-order valence-corrected chi connectivity index (χ3v) is 3.86. The van der Waals surface area contributed by atoms with Crippen molar-refractivity contribution in [3.8, 4) is 0 Å². The number of benzene rings is 1. The van der Waals surface area contributed by atoms with E-state index in [1.165, 1.54) is 12.1 Å². The molecule has 1 aromatic carbocycles. The van der Waals surface area contributed by atoms with Gasteiger partial charge in [-0.2, -0.15) is 0 Å². The van der Waals surface area contributed by atoms with Crippen LogP contribution in [0.3, 0.4) is 0 Å². The second-order valence-corrected chi connectivity index (χ2v) is 5.42. The maximum absolute atomic E-state index is 12.7. The maximum Gasteiger partial charge on any atom is 0.222 e. The van der Waals surface area contributed by atoms with Gasteiger partial charge in [-0.3, -0.25) is 4.79 Å². The van der Waals surface area contributed by atoms with Crippen LogP contribution in [0.1, 0.15) is 26.7 Å². The van der Waals surface area contributed by atoms with Gasteiger partial charge in [-0.05, 0) is 42.9 Å². The molecule has 0 spiro atoms. The number of hydrogen-bond acceptors (Lipinski definition) is 2. The summed E-state index contributed by atoms with van der Waals surface area (Å²) in [7, 11) is 0. The Kier molecular flexibility index (Phi) is 6.80. The lowest BCUT2D eigenvalue weighted by atomic mass is 10.1. The van der Waals surface area contributed by atoms with E-state index in [1.807, 2.05) is 13.8 Å². The van der Waals surface area contributed by atoms with Gasteiger partial charge in [0.25, 0.3) is 0 Å². The highest BCUT2D eigenvalue weighted by molar-refractivity contribution is 7.99. The molecule has 1 aromatic rings. The molecule has 0 bridgehead atoms. The summed E-state index contributed by atoms with van der Waals surface area (Å²) < 4.78 is 12.7. The maximum atomic E-state index is 12.7. The normalized spacial score (nSPS) is 12.2. The summed E-state index contributed by atoms with van der Waals surface area (Å²) in [6, 6.07) is 6.48. The molecule has 0 heterocycles. The number of amides is 1. The van der Waals surface area contributed by atoms with Gasteiger partial charge in [0.1, 0.15) is 5.82 Å². The van der Waals surface area contributed by atoms with E-state index in [4.69, 9.17) is 0 Å². The summed E-state index contributed by atoms with van der Waals surface area (Å²) >= 11 is 1.68. The van der Waals surface area contributed by atoms with Crippen LogP contribution in [0.25, 0.3) is 0 Å². The zero-order valence-corrected chi connectivity index (χ0v) is 11.7. The standard InChI is InChI=1S/C14H20FNOS/c1-3-11(2)14(17)16-9-4-10-18-13-7-5-12(15)6-8-13/h5-8,11H,3-4,9-10H2,1-2H3,(H,16,17). The number of halogens is 1. The van der Waals surface area contributed by atoms with Crippen LogP contribution in [0, 0.1) is 11.7 Å². The lowest BCUT2D eigenvalue weighted by molar-refractivity contribution is -0.124. The second kappa shape index (κ2) is 8.14. The molecule has 1 atom stereocenters. The minimum atomic E-state index is -0.208. The van der Waals surface area contributed by atoms with E-state index >= 15 is 0 Å². The Labute approximate surface area is 112 Å². The molecule has 0 fully saturated rings. The predicted octanol–water partition coefficient (Wildman–Crippen LogP) is 3.47. The molecular weight excluding hydrogens is 249 g/mol. The molecule has 0 aromatic heterocycles. The first-order chi connectivity index (χ1) is 8.63. The lowest BCUT2D eigenvalue weighted by Gasteiger charge is -2.09. The molecule has 0 radical (unpaired) electrons. The third kappa shape index (κ3) is 5.54. The van der Waals surface area contributed by atoms with Crippen LogP contribution < -0.4 is 5.32 Å². The highest BCUT2D eigenvalue weighted by atomic mass is 32.2. The van der Waals surface area contributed by atoms with Crippen LogP contribution in [0.5, 0.6) is 0 Å². The van der Waals surface area contributed by atoms with E-state index in [2.05, 4.69) is 5.32 Å². The van der Waals surface area contributed by atoms with Crippen LogP contribution in [0.4, 0.5) is 4.39 Å². The largest absolute Gasteiger partial charge is 0.356 e. The fourth-order valence-electron chi connectivity index (χ4n) is 1.36. The molecule has 0 aliphatic carbocycles. The summed E-state index contributed by atoms with van der Waals surface area (Å²) in [5.41, 5.74) is 0. The average Bonchev–Trinajstić information content (AvgIpc) is 2.39.